The standard InChI is InChI=1S/C14H25N3O2/c1-9(2)13(18)16-12-6-11(5-10-3-4-10)7-17(8-12)14(15)19/h9-12H,3-8H2,1-2H3,(H2,15,19)(H,16,18). The summed E-state index contributed by atoms with van der Waals surface area (Å²) in [7, 11) is 0. The monoisotopic (exact) mass is 267 g/mol. The van der Waals surface area contributed by atoms with Gasteiger partial charge >= 0.3 is 6.03 Å². The molecule has 1 aliphatic heterocycles. The number of primary amides is 1. The molecule has 0 bridgehead atoms. The minimum Gasteiger partial charge on any atom is -0.351 e. The molecule has 108 valence electrons. The van der Waals surface area contributed by atoms with Crippen LogP contribution in [-0.2, 0) is 4.79 Å². The predicted molar refractivity (Wildman–Crippen MR) is 73.4 cm³/mol. The first-order valence-electron chi connectivity index (χ1n) is 7.30. The van der Waals surface area contributed by atoms with Crippen molar-refractivity contribution in [3.8, 4) is 0 Å². The van der Waals surface area contributed by atoms with Crippen LogP contribution in [0.4, 0.5) is 4.79 Å². The Kier molecular flexibility index (Phi) is 4.32. The van der Waals surface area contributed by atoms with Gasteiger partial charge in [-0.2, -0.15) is 0 Å². The molecule has 2 rings (SSSR count). The van der Waals surface area contributed by atoms with Crippen molar-refractivity contribution in [3.63, 3.8) is 0 Å². The van der Waals surface area contributed by atoms with E-state index in [4.69, 9.17) is 5.73 Å². The average molecular weight is 267 g/mol. The van der Waals surface area contributed by atoms with Crippen molar-refractivity contribution in [1.29, 1.82) is 0 Å². The summed E-state index contributed by atoms with van der Waals surface area (Å²) < 4.78 is 0. The first kappa shape index (κ1) is 14.2. The molecule has 5 heteroatoms. The molecular weight excluding hydrogens is 242 g/mol. The summed E-state index contributed by atoms with van der Waals surface area (Å²) in [6, 6.07) is -0.316. The topological polar surface area (TPSA) is 75.4 Å². The fourth-order valence-electron chi connectivity index (χ4n) is 2.85. The van der Waals surface area contributed by atoms with Gasteiger partial charge in [0.15, 0.2) is 0 Å². The van der Waals surface area contributed by atoms with E-state index in [1.165, 1.54) is 12.8 Å². The predicted octanol–water partition coefficient (Wildman–Crippen LogP) is 1.33. The van der Waals surface area contributed by atoms with E-state index in [9.17, 15) is 9.59 Å². The van der Waals surface area contributed by atoms with Crippen molar-refractivity contribution in [2.24, 2.45) is 23.5 Å². The first-order chi connectivity index (χ1) is 8.95. The Morgan fingerprint density at radius 3 is 2.47 bits per heavy atom. The Morgan fingerprint density at radius 2 is 1.95 bits per heavy atom. The first-order valence-corrected chi connectivity index (χ1v) is 7.30. The zero-order valence-corrected chi connectivity index (χ0v) is 11.9. The van der Waals surface area contributed by atoms with Gasteiger partial charge in [-0.1, -0.05) is 26.7 Å². The second kappa shape index (κ2) is 5.80. The number of hydrogen-bond donors (Lipinski definition) is 2. The Hall–Kier alpha value is -1.26. The number of likely N-dealkylation sites (tertiary alicyclic amines) is 1. The van der Waals surface area contributed by atoms with Crippen molar-refractivity contribution in [2.75, 3.05) is 13.1 Å². The molecule has 3 N–H and O–H groups in total. The number of nitrogens with two attached hydrogens (primary N) is 1. The maximum Gasteiger partial charge on any atom is 0.314 e. The Labute approximate surface area is 114 Å². The summed E-state index contributed by atoms with van der Waals surface area (Å²) in [5.74, 6) is 1.35. The highest BCUT2D eigenvalue weighted by molar-refractivity contribution is 5.78. The van der Waals surface area contributed by atoms with E-state index in [0.29, 0.717) is 12.5 Å². The summed E-state index contributed by atoms with van der Waals surface area (Å²) in [6.45, 7) is 5.06. The van der Waals surface area contributed by atoms with Crippen LogP contribution < -0.4 is 11.1 Å². The van der Waals surface area contributed by atoms with E-state index in [1.807, 2.05) is 13.8 Å². The molecule has 0 aromatic carbocycles. The molecular formula is C14H25N3O2. The lowest BCUT2D eigenvalue weighted by molar-refractivity contribution is -0.125. The van der Waals surface area contributed by atoms with Crippen LogP contribution in [-0.4, -0.2) is 36.0 Å². The van der Waals surface area contributed by atoms with Gasteiger partial charge in [0.2, 0.25) is 5.91 Å². The van der Waals surface area contributed by atoms with Gasteiger partial charge in [0.1, 0.15) is 0 Å². The molecule has 1 saturated carbocycles. The second-order valence-electron chi connectivity index (χ2n) is 6.38. The normalized spacial score (nSPS) is 27.4. The highest BCUT2D eigenvalue weighted by atomic mass is 16.2. The summed E-state index contributed by atoms with van der Waals surface area (Å²) in [5.41, 5.74) is 5.40. The minimum atomic E-state index is -0.371. The second-order valence-corrected chi connectivity index (χ2v) is 6.38. The van der Waals surface area contributed by atoms with E-state index < -0.39 is 0 Å². The Bertz CT molecular complexity index is 353. The molecule has 1 heterocycles. The number of piperidine rings is 1. The van der Waals surface area contributed by atoms with Crippen molar-refractivity contribution in [3.05, 3.63) is 0 Å². The SMILES string of the molecule is CC(C)C(=O)NC1CC(CC2CC2)CN(C(N)=O)C1. The molecule has 1 saturated heterocycles. The van der Waals surface area contributed by atoms with Gasteiger partial charge in [0, 0.05) is 25.0 Å². The van der Waals surface area contributed by atoms with Crippen molar-refractivity contribution >= 4 is 11.9 Å². The minimum absolute atomic E-state index is 0.0224. The van der Waals surface area contributed by atoms with E-state index in [2.05, 4.69) is 5.32 Å². The third-order valence-electron chi connectivity index (χ3n) is 4.08. The van der Waals surface area contributed by atoms with Crippen LogP contribution in [0.25, 0.3) is 0 Å². The number of amides is 3. The molecule has 0 spiro atoms. The largest absolute Gasteiger partial charge is 0.351 e. The summed E-state index contributed by atoms with van der Waals surface area (Å²) >= 11 is 0. The molecule has 2 unspecified atom stereocenters. The van der Waals surface area contributed by atoms with Crippen LogP contribution in [0.15, 0.2) is 0 Å². The smallest absolute Gasteiger partial charge is 0.314 e. The number of hydrogen-bond acceptors (Lipinski definition) is 2. The number of carbonyl (C=O) groups excluding carboxylic acids is 2. The maximum atomic E-state index is 11.8. The van der Waals surface area contributed by atoms with Crippen LogP contribution in [0, 0.1) is 17.8 Å². The van der Waals surface area contributed by atoms with E-state index >= 15 is 0 Å². The molecule has 2 atom stereocenters. The van der Waals surface area contributed by atoms with Gasteiger partial charge in [0.25, 0.3) is 0 Å². The maximum absolute atomic E-state index is 11.8. The lowest BCUT2D eigenvalue weighted by atomic mass is 9.89. The van der Waals surface area contributed by atoms with Crippen LogP contribution >= 0.6 is 0 Å². The third kappa shape index (κ3) is 4.11. The van der Waals surface area contributed by atoms with Crippen LogP contribution in [0.5, 0.6) is 0 Å². The molecule has 2 fully saturated rings. The van der Waals surface area contributed by atoms with Gasteiger partial charge < -0.3 is 16.0 Å². The van der Waals surface area contributed by atoms with Gasteiger partial charge in [-0.25, -0.2) is 4.79 Å². The highest BCUT2D eigenvalue weighted by Gasteiger charge is 2.34. The lowest BCUT2D eigenvalue weighted by Gasteiger charge is -2.37. The van der Waals surface area contributed by atoms with Crippen LogP contribution in [0.1, 0.15) is 39.5 Å². The lowest BCUT2D eigenvalue weighted by Crippen LogP contribution is -2.54. The highest BCUT2D eigenvalue weighted by Crippen LogP contribution is 2.37. The van der Waals surface area contributed by atoms with Crippen molar-refractivity contribution in [1.82, 2.24) is 10.2 Å². The average Bonchev–Trinajstić information content (AvgIpc) is 3.12. The van der Waals surface area contributed by atoms with Gasteiger partial charge in [-0.3, -0.25) is 4.79 Å². The zero-order chi connectivity index (χ0) is 14.0. The number of carbonyl (C=O) groups is 2. The van der Waals surface area contributed by atoms with E-state index in [-0.39, 0.29) is 23.9 Å². The molecule has 0 radical (unpaired) electrons. The van der Waals surface area contributed by atoms with E-state index in [1.54, 1.807) is 4.90 Å². The van der Waals surface area contributed by atoms with Crippen LogP contribution in [0.2, 0.25) is 0 Å². The summed E-state index contributed by atoms with van der Waals surface area (Å²) in [6.07, 6.45) is 4.77. The number of nitrogens with zero attached hydrogens (tertiary/aromatic N) is 1. The molecule has 19 heavy (non-hydrogen) atoms. The van der Waals surface area contributed by atoms with Gasteiger partial charge in [-0.15, -0.1) is 0 Å². The van der Waals surface area contributed by atoms with Crippen molar-refractivity contribution < 1.29 is 9.59 Å². The fraction of sp³-hybridized carbons (Fsp3) is 0.857. The third-order valence-corrected chi connectivity index (χ3v) is 4.08. The molecule has 0 aromatic heterocycles. The number of urea groups is 1. The van der Waals surface area contributed by atoms with E-state index in [0.717, 1.165) is 25.3 Å². The quantitative estimate of drug-likeness (QED) is 0.806. The molecule has 1 aliphatic carbocycles. The van der Waals surface area contributed by atoms with Crippen LogP contribution in [0.3, 0.4) is 0 Å². The van der Waals surface area contributed by atoms with Crippen molar-refractivity contribution in [2.45, 2.75) is 45.6 Å². The molecule has 2 aliphatic rings. The molecule has 5 nitrogen and oxygen atoms in total. The Morgan fingerprint density at radius 1 is 1.26 bits per heavy atom. The molecule has 0 aromatic rings. The van der Waals surface area contributed by atoms with Gasteiger partial charge in [-0.05, 0) is 24.7 Å². The van der Waals surface area contributed by atoms with Gasteiger partial charge in [0.05, 0.1) is 0 Å². The summed E-state index contributed by atoms with van der Waals surface area (Å²) in [5, 5.41) is 3.04. The number of rotatable bonds is 4. The summed E-state index contributed by atoms with van der Waals surface area (Å²) in [4.78, 5) is 24.9. The molecule has 3 amide bonds. The Balaban J connectivity index is 1.92. The fourth-order valence-corrected chi connectivity index (χ4v) is 2.85. The zero-order valence-electron chi connectivity index (χ0n) is 11.9. The number of nitrogens with one attached hydrogen (secondary N) is 1.